The molecular weight excluding hydrogens is 1060 g/mol. The van der Waals surface area contributed by atoms with Crippen LogP contribution >= 0.6 is 0 Å². The van der Waals surface area contributed by atoms with Gasteiger partial charge in [0, 0.05) is 78.7 Å². The van der Waals surface area contributed by atoms with Crippen LogP contribution in [0.15, 0.2) is 267 Å². The number of nitrogens with zero attached hydrogens (tertiary/aromatic N) is 8. The second kappa shape index (κ2) is 19.5. The van der Waals surface area contributed by atoms with Gasteiger partial charge in [-0.2, -0.15) is 0 Å². The molecule has 406 valence electrons. The molecule has 7 heterocycles. The van der Waals surface area contributed by atoms with Crippen molar-refractivity contribution in [1.29, 1.82) is 0 Å². The summed E-state index contributed by atoms with van der Waals surface area (Å²) in [5.41, 5.74) is 15.6. The molecule has 0 saturated carbocycles. The molecule has 17 rings (SSSR count). The maximum atomic E-state index is 7.21. The van der Waals surface area contributed by atoms with E-state index in [0.29, 0.717) is 34.4 Å². The number of hydrogen-bond donors (Lipinski definition) is 0. The molecule has 0 bridgehead atoms. The topological polar surface area (TPSA) is 89.7 Å². The number of hydrogen-bond acceptors (Lipinski definition) is 6. The summed E-state index contributed by atoms with van der Waals surface area (Å²) in [6.07, 6.45) is 7.44. The third-order valence-electron chi connectivity index (χ3n) is 16.8. The molecule has 0 amide bonds. The van der Waals surface area contributed by atoms with Crippen LogP contribution in [-0.2, 0) is 0 Å². The van der Waals surface area contributed by atoms with Crippen LogP contribution in [0.4, 0.5) is 0 Å². The van der Waals surface area contributed by atoms with E-state index in [1.165, 1.54) is 0 Å². The highest BCUT2D eigenvalue weighted by atomic mass is 16.5. The fourth-order valence-corrected chi connectivity index (χ4v) is 12.9. The zero-order valence-electron chi connectivity index (χ0n) is 46.8. The van der Waals surface area contributed by atoms with Gasteiger partial charge in [-0.25, -0.2) is 9.97 Å². The van der Waals surface area contributed by atoms with Crippen molar-refractivity contribution in [3.63, 3.8) is 0 Å². The monoisotopic (exact) mass is 1110 g/mol. The van der Waals surface area contributed by atoms with Gasteiger partial charge in [0.05, 0.1) is 79.3 Å². The van der Waals surface area contributed by atoms with Crippen LogP contribution in [0, 0.1) is 13.8 Å². The molecule has 0 aliphatic rings. The fraction of sp³-hybridized carbons (Fsp3) is 0.0263. The van der Waals surface area contributed by atoms with Gasteiger partial charge in [0.15, 0.2) is 11.5 Å². The zero-order chi connectivity index (χ0) is 57.0. The number of ether oxygens (including phenoxy) is 2. The first kappa shape index (κ1) is 49.0. The zero-order valence-corrected chi connectivity index (χ0v) is 46.8. The second-order valence-electron chi connectivity index (χ2n) is 22.0. The summed E-state index contributed by atoms with van der Waals surface area (Å²) in [6.45, 7) is 4.19. The van der Waals surface area contributed by atoms with Gasteiger partial charge in [-0.05, 0) is 134 Å². The molecule has 10 nitrogen and oxygen atoms in total. The molecule has 0 N–H and O–H groups in total. The highest BCUT2D eigenvalue weighted by molar-refractivity contribution is 6.12. The van der Waals surface area contributed by atoms with Gasteiger partial charge < -0.3 is 18.6 Å². The van der Waals surface area contributed by atoms with Crippen molar-refractivity contribution in [2.24, 2.45) is 0 Å². The van der Waals surface area contributed by atoms with Crippen molar-refractivity contribution in [2.75, 3.05) is 0 Å². The van der Waals surface area contributed by atoms with E-state index in [-0.39, 0.29) is 0 Å². The first-order chi connectivity index (χ1) is 42.5. The Labute approximate surface area is 493 Å². The molecule has 0 atom stereocenters. The Kier molecular flexibility index (Phi) is 11.1. The van der Waals surface area contributed by atoms with Gasteiger partial charge in [0.1, 0.15) is 23.1 Å². The second-order valence-corrected chi connectivity index (χ2v) is 22.0. The first-order valence-electron chi connectivity index (χ1n) is 28.8. The van der Waals surface area contributed by atoms with E-state index in [2.05, 4.69) is 263 Å². The summed E-state index contributed by atoms with van der Waals surface area (Å²) in [4.78, 5) is 20.0. The molecule has 10 heteroatoms. The van der Waals surface area contributed by atoms with Crippen LogP contribution < -0.4 is 9.47 Å². The van der Waals surface area contributed by atoms with Gasteiger partial charge in [-0.1, -0.05) is 121 Å². The molecule has 7 aromatic heterocycles. The normalized spacial score (nSPS) is 11.8. The van der Waals surface area contributed by atoms with E-state index in [1.54, 1.807) is 0 Å². The molecule has 0 unspecified atom stereocenters. The first-order valence-corrected chi connectivity index (χ1v) is 28.8. The lowest BCUT2D eigenvalue weighted by Crippen LogP contribution is -2.00. The van der Waals surface area contributed by atoms with Gasteiger partial charge >= 0.3 is 0 Å². The highest BCUT2D eigenvalue weighted by Crippen LogP contribution is 2.44. The van der Waals surface area contributed by atoms with Crippen LogP contribution in [-0.4, -0.2) is 38.2 Å². The van der Waals surface area contributed by atoms with Gasteiger partial charge in [0.2, 0.25) is 0 Å². The lowest BCUT2D eigenvalue weighted by molar-refractivity contribution is 0.481. The van der Waals surface area contributed by atoms with Crippen molar-refractivity contribution in [2.45, 2.75) is 13.8 Å². The van der Waals surface area contributed by atoms with Crippen molar-refractivity contribution < 1.29 is 9.47 Å². The van der Waals surface area contributed by atoms with Crippen LogP contribution in [0.1, 0.15) is 11.1 Å². The number of pyridine rings is 2. The van der Waals surface area contributed by atoms with Crippen molar-refractivity contribution in [1.82, 2.24) is 38.2 Å². The van der Waals surface area contributed by atoms with Gasteiger partial charge in [-0.3, -0.25) is 19.1 Å². The standard InChI is InChI=1S/C76H50N8O2/c1-47-35-37-77-75(39-47)83-67-25-13-7-19-57(67)59-31-29-51(43-71(59)83)85-73-41-49(27-33-69(73)81-63-21-9-3-15-53(63)54-16-4-10-22-64(54)81)61-45-80-62(46-79-61)50-28-34-70(82-65-23-11-5-17-55(65)56-18-6-12-24-66(56)82)74(42-50)86-52-30-32-60-58-20-8-14-26-68(58)84(72(60)44-52)76-40-48(2)36-38-78-76/h3-46H,1-2H3. The van der Waals surface area contributed by atoms with Crippen LogP contribution in [0.2, 0.25) is 0 Å². The third-order valence-corrected chi connectivity index (χ3v) is 16.8. The summed E-state index contributed by atoms with van der Waals surface area (Å²) < 4.78 is 23.5. The molecule has 86 heavy (non-hydrogen) atoms. The number of aryl methyl sites for hydroxylation is 2. The number of aromatic nitrogens is 8. The fourth-order valence-electron chi connectivity index (χ4n) is 12.9. The molecule has 17 aromatic rings. The molecule has 0 fully saturated rings. The minimum Gasteiger partial charge on any atom is -0.455 e. The maximum Gasteiger partial charge on any atom is 0.152 e. The number of rotatable bonds is 10. The Morgan fingerprint density at radius 1 is 0.279 bits per heavy atom. The van der Waals surface area contributed by atoms with E-state index < -0.39 is 0 Å². The minimum absolute atomic E-state index is 0.659. The third kappa shape index (κ3) is 7.88. The largest absolute Gasteiger partial charge is 0.455 e. The molecule has 0 aliphatic heterocycles. The van der Waals surface area contributed by atoms with Crippen molar-refractivity contribution in [3.8, 4) is 68.5 Å². The van der Waals surface area contributed by atoms with Crippen molar-refractivity contribution >= 4 is 87.2 Å². The number of fused-ring (bicyclic) bond motifs is 12. The Bertz CT molecular complexity index is 5140. The quantitative estimate of drug-likeness (QED) is 0.136. The van der Waals surface area contributed by atoms with E-state index >= 15 is 0 Å². The average molecular weight is 1110 g/mol. The van der Waals surface area contributed by atoms with Crippen LogP contribution in [0.3, 0.4) is 0 Å². The predicted molar refractivity (Wildman–Crippen MR) is 348 cm³/mol. The molecule has 0 aliphatic carbocycles. The smallest absolute Gasteiger partial charge is 0.152 e. The van der Waals surface area contributed by atoms with Crippen molar-refractivity contribution in [3.05, 3.63) is 279 Å². The summed E-state index contributed by atoms with van der Waals surface area (Å²) in [7, 11) is 0. The van der Waals surface area contributed by atoms with E-state index in [0.717, 1.165) is 132 Å². The Morgan fingerprint density at radius 2 is 0.605 bits per heavy atom. The Morgan fingerprint density at radius 3 is 0.942 bits per heavy atom. The predicted octanol–water partition coefficient (Wildman–Crippen LogP) is 19.2. The Hall–Kier alpha value is -11.6. The number of benzene rings is 10. The van der Waals surface area contributed by atoms with Gasteiger partial charge in [-0.15, -0.1) is 0 Å². The summed E-state index contributed by atoms with van der Waals surface area (Å²) in [5, 5.41) is 9.15. The molecule has 0 radical (unpaired) electrons. The minimum atomic E-state index is 0.659. The SMILES string of the molecule is Cc1ccnc(-n2c3ccccc3c3ccc(Oc4cc(-c5cnc(-c6ccc(-n7c8ccccc8c8ccccc87)c(Oc7ccc8c9ccccc9n(-c9cc(C)ccn9)c8c7)c6)cn5)ccc4-n4c5ccccc5c5ccccc54)cc32)c1. The lowest BCUT2D eigenvalue weighted by atomic mass is 10.1. The van der Waals surface area contributed by atoms with E-state index in [4.69, 9.17) is 29.4 Å². The Balaban J connectivity index is 0.791. The molecular formula is C76H50N8O2. The van der Waals surface area contributed by atoms with Crippen LogP contribution in [0.5, 0.6) is 23.0 Å². The van der Waals surface area contributed by atoms with Gasteiger partial charge in [0.25, 0.3) is 0 Å². The molecule has 0 spiro atoms. The lowest BCUT2D eigenvalue weighted by Gasteiger charge is -2.17. The summed E-state index contributed by atoms with van der Waals surface area (Å²) in [5.74, 6) is 4.38. The van der Waals surface area contributed by atoms with Crippen LogP contribution in [0.25, 0.3) is 133 Å². The average Bonchev–Trinajstić information content (AvgIpc) is 3.30. The summed E-state index contributed by atoms with van der Waals surface area (Å²) in [6, 6.07) is 84.8. The van der Waals surface area contributed by atoms with E-state index in [9.17, 15) is 0 Å². The summed E-state index contributed by atoms with van der Waals surface area (Å²) >= 11 is 0. The highest BCUT2D eigenvalue weighted by Gasteiger charge is 2.22. The number of para-hydroxylation sites is 6. The van der Waals surface area contributed by atoms with E-state index in [1.807, 2.05) is 36.9 Å². The molecule has 0 saturated heterocycles. The maximum absolute atomic E-state index is 7.21. The molecule has 10 aromatic carbocycles.